The Kier molecular flexibility index (Phi) is 7.52. The lowest BCUT2D eigenvalue weighted by molar-refractivity contribution is -0.134. The van der Waals surface area contributed by atoms with Gasteiger partial charge in [0.25, 0.3) is 0 Å². The number of likely N-dealkylation sites (tertiary alicyclic amines) is 1. The molecule has 4 rings (SSSR count). The Morgan fingerprint density at radius 1 is 1.13 bits per heavy atom. The Labute approximate surface area is 185 Å². The molecule has 1 aromatic carbocycles. The molecular formula is C25H34N4O2. The smallest absolute Gasteiger partial charge is 0.222 e. The number of amides is 1. The fourth-order valence-corrected chi connectivity index (χ4v) is 4.78. The lowest BCUT2D eigenvalue weighted by Crippen LogP contribution is -2.42. The maximum absolute atomic E-state index is 12.6. The Hall–Kier alpha value is -2.47. The van der Waals surface area contributed by atoms with E-state index >= 15 is 0 Å². The van der Waals surface area contributed by atoms with E-state index in [4.69, 9.17) is 4.74 Å². The van der Waals surface area contributed by atoms with Crippen LogP contribution < -0.4 is 4.74 Å². The summed E-state index contributed by atoms with van der Waals surface area (Å²) in [4.78, 5) is 25.3. The minimum absolute atomic E-state index is 0.183. The molecule has 1 aromatic heterocycles. The average molecular weight is 423 g/mol. The van der Waals surface area contributed by atoms with Crippen molar-refractivity contribution in [1.82, 2.24) is 19.8 Å². The highest BCUT2D eigenvalue weighted by Crippen LogP contribution is 2.29. The van der Waals surface area contributed by atoms with Gasteiger partial charge in [0.2, 0.25) is 5.91 Å². The highest BCUT2D eigenvalue weighted by Gasteiger charge is 2.26. The third-order valence-electron chi connectivity index (χ3n) is 6.43. The quantitative estimate of drug-likeness (QED) is 0.642. The number of rotatable bonds is 8. The number of piperidine rings is 1. The molecule has 2 aromatic rings. The van der Waals surface area contributed by atoms with Gasteiger partial charge in [0, 0.05) is 64.0 Å². The standard InChI is InChI=1S/C25H34N4O2/c1-28(19-22-17-26-11-12-27-22)18-21-7-4-8-24(15-21)31-23-9-13-29(14-10-23)25(30)16-20-5-2-3-6-20/h4,7-8,11-12,15,17,20,23H,2-3,5-6,9-10,13-14,16,18-19H2,1H3. The number of ether oxygens (including phenoxy) is 1. The maximum Gasteiger partial charge on any atom is 0.222 e. The SMILES string of the molecule is CN(Cc1cccc(OC2CCN(C(=O)CC3CCCC3)CC2)c1)Cc1cnccn1. The van der Waals surface area contributed by atoms with Gasteiger partial charge < -0.3 is 9.64 Å². The topological polar surface area (TPSA) is 58.6 Å². The van der Waals surface area contributed by atoms with E-state index in [0.29, 0.717) is 11.8 Å². The van der Waals surface area contributed by atoms with Gasteiger partial charge in [-0.3, -0.25) is 19.7 Å². The highest BCUT2D eigenvalue weighted by atomic mass is 16.5. The molecule has 0 unspecified atom stereocenters. The van der Waals surface area contributed by atoms with Gasteiger partial charge in [-0.25, -0.2) is 0 Å². The van der Waals surface area contributed by atoms with Gasteiger partial charge in [0.05, 0.1) is 5.69 Å². The largest absolute Gasteiger partial charge is 0.490 e. The second kappa shape index (κ2) is 10.7. The fraction of sp³-hybridized carbons (Fsp3) is 0.560. The number of benzene rings is 1. The molecule has 0 atom stereocenters. The van der Waals surface area contributed by atoms with E-state index in [0.717, 1.165) is 56.9 Å². The second-order valence-electron chi connectivity index (χ2n) is 9.07. The molecule has 0 spiro atoms. The van der Waals surface area contributed by atoms with Gasteiger partial charge >= 0.3 is 0 Å². The number of carbonyl (C=O) groups is 1. The molecule has 2 aliphatic rings. The third-order valence-corrected chi connectivity index (χ3v) is 6.43. The molecule has 0 radical (unpaired) electrons. The molecule has 1 saturated carbocycles. The van der Waals surface area contributed by atoms with E-state index in [1.165, 1.54) is 31.2 Å². The highest BCUT2D eigenvalue weighted by molar-refractivity contribution is 5.76. The van der Waals surface area contributed by atoms with Crippen LogP contribution in [0.3, 0.4) is 0 Å². The Balaban J connectivity index is 1.23. The van der Waals surface area contributed by atoms with Crippen LogP contribution in [0.25, 0.3) is 0 Å². The minimum atomic E-state index is 0.183. The van der Waals surface area contributed by atoms with Gasteiger partial charge in [-0.1, -0.05) is 25.0 Å². The van der Waals surface area contributed by atoms with E-state index in [1.54, 1.807) is 18.6 Å². The number of hydrogen-bond donors (Lipinski definition) is 0. The van der Waals surface area contributed by atoms with Gasteiger partial charge in [0.15, 0.2) is 0 Å². The normalized spacial score (nSPS) is 17.9. The van der Waals surface area contributed by atoms with Crippen molar-refractivity contribution in [1.29, 1.82) is 0 Å². The number of nitrogens with zero attached hydrogens (tertiary/aromatic N) is 4. The van der Waals surface area contributed by atoms with Gasteiger partial charge in [-0.2, -0.15) is 0 Å². The molecule has 1 amide bonds. The minimum Gasteiger partial charge on any atom is -0.490 e. The summed E-state index contributed by atoms with van der Waals surface area (Å²) in [5.41, 5.74) is 2.18. The Bertz CT molecular complexity index is 830. The predicted molar refractivity (Wildman–Crippen MR) is 120 cm³/mol. The van der Waals surface area contributed by atoms with Crippen molar-refractivity contribution in [2.75, 3.05) is 20.1 Å². The van der Waals surface area contributed by atoms with Crippen molar-refractivity contribution in [3.8, 4) is 5.75 Å². The lowest BCUT2D eigenvalue weighted by atomic mass is 10.0. The number of aromatic nitrogens is 2. The first-order chi connectivity index (χ1) is 15.2. The average Bonchev–Trinajstić information content (AvgIpc) is 3.28. The van der Waals surface area contributed by atoms with Gasteiger partial charge in [-0.05, 0) is 43.5 Å². The molecule has 31 heavy (non-hydrogen) atoms. The molecule has 2 heterocycles. The van der Waals surface area contributed by atoms with E-state index in [9.17, 15) is 4.79 Å². The van der Waals surface area contributed by atoms with Crippen molar-refractivity contribution in [2.45, 2.75) is 64.1 Å². The van der Waals surface area contributed by atoms with Crippen molar-refractivity contribution >= 4 is 5.91 Å². The molecule has 6 heteroatoms. The number of hydrogen-bond acceptors (Lipinski definition) is 5. The van der Waals surface area contributed by atoms with Crippen molar-refractivity contribution in [3.05, 3.63) is 54.1 Å². The first kappa shape index (κ1) is 21.8. The van der Waals surface area contributed by atoms with Crippen LogP contribution in [0, 0.1) is 5.92 Å². The summed E-state index contributed by atoms with van der Waals surface area (Å²) in [5.74, 6) is 1.89. The van der Waals surface area contributed by atoms with Gasteiger partial charge in [-0.15, -0.1) is 0 Å². The van der Waals surface area contributed by atoms with Gasteiger partial charge in [0.1, 0.15) is 11.9 Å². The first-order valence-corrected chi connectivity index (χ1v) is 11.6. The number of carbonyl (C=O) groups excluding carboxylic acids is 1. The summed E-state index contributed by atoms with van der Waals surface area (Å²) in [6.45, 7) is 3.21. The van der Waals surface area contributed by atoms with Crippen molar-refractivity contribution < 1.29 is 9.53 Å². The monoisotopic (exact) mass is 422 g/mol. The van der Waals surface area contributed by atoms with Crippen molar-refractivity contribution in [3.63, 3.8) is 0 Å². The van der Waals surface area contributed by atoms with E-state index in [2.05, 4.69) is 45.0 Å². The molecule has 1 aliphatic carbocycles. The summed E-state index contributed by atoms with van der Waals surface area (Å²) < 4.78 is 6.28. The molecule has 1 saturated heterocycles. The zero-order valence-electron chi connectivity index (χ0n) is 18.6. The fourth-order valence-electron chi connectivity index (χ4n) is 4.78. The summed E-state index contributed by atoms with van der Waals surface area (Å²) >= 11 is 0. The lowest BCUT2D eigenvalue weighted by Gasteiger charge is -2.33. The summed E-state index contributed by atoms with van der Waals surface area (Å²) in [5, 5.41) is 0. The van der Waals surface area contributed by atoms with Crippen LogP contribution in [-0.2, 0) is 17.9 Å². The first-order valence-electron chi connectivity index (χ1n) is 11.6. The maximum atomic E-state index is 12.6. The molecule has 1 aliphatic heterocycles. The molecule has 2 fully saturated rings. The van der Waals surface area contributed by atoms with E-state index in [1.807, 2.05) is 6.07 Å². The van der Waals surface area contributed by atoms with Crippen LogP contribution in [0.4, 0.5) is 0 Å². The zero-order chi connectivity index (χ0) is 21.5. The second-order valence-corrected chi connectivity index (χ2v) is 9.07. The molecule has 0 bridgehead atoms. The Morgan fingerprint density at radius 3 is 2.68 bits per heavy atom. The van der Waals surface area contributed by atoms with Crippen LogP contribution in [0.2, 0.25) is 0 Å². The van der Waals surface area contributed by atoms with Crippen LogP contribution in [-0.4, -0.2) is 51.9 Å². The van der Waals surface area contributed by atoms with Crippen molar-refractivity contribution in [2.24, 2.45) is 5.92 Å². The molecule has 166 valence electrons. The third kappa shape index (κ3) is 6.50. The van der Waals surface area contributed by atoms with Crippen LogP contribution in [0.15, 0.2) is 42.9 Å². The molecule has 0 N–H and O–H groups in total. The van der Waals surface area contributed by atoms with Crippen LogP contribution >= 0.6 is 0 Å². The van der Waals surface area contributed by atoms with Crippen LogP contribution in [0.1, 0.15) is 56.2 Å². The van der Waals surface area contributed by atoms with E-state index < -0.39 is 0 Å². The zero-order valence-corrected chi connectivity index (χ0v) is 18.6. The predicted octanol–water partition coefficient (Wildman–Crippen LogP) is 4.06. The summed E-state index contributed by atoms with van der Waals surface area (Å²) in [6.07, 6.45) is 13.0. The molecule has 6 nitrogen and oxygen atoms in total. The molecular weight excluding hydrogens is 388 g/mol. The Morgan fingerprint density at radius 2 is 1.94 bits per heavy atom. The summed E-state index contributed by atoms with van der Waals surface area (Å²) in [6, 6.07) is 8.35. The summed E-state index contributed by atoms with van der Waals surface area (Å²) in [7, 11) is 2.08. The van der Waals surface area contributed by atoms with E-state index in [-0.39, 0.29) is 6.10 Å². The van der Waals surface area contributed by atoms with Crippen LogP contribution in [0.5, 0.6) is 5.75 Å².